The van der Waals surface area contributed by atoms with Gasteiger partial charge in [-0.3, -0.25) is 0 Å². The first-order chi connectivity index (χ1) is 6.71. The molecule has 0 fully saturated rings. The zero-order valence-corrected chi connectivity index (χ0v) is 10.6. The molecule has 1 nitrogen and oxygen atoms in total. The van der Waals surface area contributed by atoms with Crippen molar-refractivity contribution in [3.8, 4) is 0 Å². The molecule has 0 aliphatic rings. The standard InChI is InChI=1S/C14H20O/c1-13(2,3)11-9-7-8-10(15-9)12(11)14(4,5)6/h7-8H,1-6H3. The van der Waals surface area contributed by atoms with Crippen molar-refractivity contribution in [1.29, 1.82) is 0 Å². The molecule has 0 saturated carbocycles. The topological polar surface area (TPSA) is 13.1 Å². The summed E-state index contributed by atoms with van der Waals surface area (Å²) >= 11 is 0. The highest BCUT2D eigenvalue weighted by atomic mass is 16.3. The Kier molecular flexibility index (Phi) is 1.95. The van der Waals surface area contributed by atoms with Crippen LogP contribution in [0.25, 0.3) is 11.2 Å². The third-order valence-corrected chi connectivity index (χ3v) is 2.85. The summed E-state index contributed by atoms with van der Waals surface area (Å²) in [5, 5.41) is 0. The van der Waals surface area contributed by atoms with Gasteiger partial charge in [0, 0.05) is 11.1 Å². The predicted molar refractivity (Wildman–Crippen MR) is 64.8 cm³/mol. The zero-order chi connectivity index (χ0) is 11.4. The average Bonchev–Trinajstić information content (AvgIpc) is 2.56. The predicted octanol–water partition coefficient (Wildman–Crippen LogP) is 4.47. The fourth-order valence-electron chi connectivity index (χ4n) is 2.34. The van der Waals surface area contributed by atoms with Gasteiger partial charge in [0.25, 0.3) is 0 Å². The van der Waals surface area contributed by atoms with Gasteiger partial charge < -0.3 is 4.42 Å². The van der Waals surface area contributed by atoms with Crippen LogP contribution in [-0.4, -0.2) is 0 Å². The average molecular weight is 204 g/mol. The molecule has 1 heteroatoms. The summed E-state index contributed by atoms with van der Waals surface area (Å²) in [6.45, 7) is 13.5. The van der Waals surface area contributed by atoms with Crippen molar-refractivity contribution in [2.45, 2.75) is 52.4 Å². The molecule has 2 aromatic rings. The number of hydrogen-bond donors (Lipinski definition) is 0. The molecular formula is C14H20O. The first kappa shape index (κ1) is 10.5. The Balaban J connectivity index is 2.75. The van der Waals surface area contributed by atoms with Crippen LogP contribution in [0.1, 0.15) is 52.7 Å². The maximum absolute atomic E-state index is 5.80. The molecule has 2 rings (SSSR count). The van der Waals surface area contributed by atoms with Gasteiger partial charge in [-0.25, -0.2) is 0 Å². The van der Waals surface area contributed by atoms with Crippen molar-refractivity contribution in [2.24, 2.45) is 0 Å². The molecule has 0 aliphatic heterocycles. The molecule has 2 aromatic heterocycles. The van der Waals surface area contributed by atoms with E-state index in [4.69, 9.17) is 4.42 Å². The number of hydrogen-bond acceptors (Lipinski definition) is 1. The van der Waals surface area contributed by atoms with E-state index in [1.165, 1.54) is 11.1 Å². The van der Waals surface area contributed by atoms with Crippen LogP contribution in [0.2, 0.25) is 0 Å². The Morgan fingerprint density at radius 3 is 1.33 bits per heavy atom. The highest BCUT2D eigenvalue weighted by molar-refractivity contribution is 5.75. The minimum Gasteiger partial charge on any atom is -0.457 e. The third kappa shape index (κ3) is 1.54. The van der Waals surface area contributed by atoms with E-state index >= 15 is 0 Å². The van der Waals surface area contributed by atoms with E-state index in [0.29, 0.717) is 0 Å². The number of fused-ring (bicyclic) bond motifs is 2. The van der Waals surface area contributed by atoms with Crippen LogP contribution in [0.5, 0.6) is 0 Å². The summed E-state index contributed by atoms with van der Waals surface area (Å²) in [4.78, 5) is 0. The Morgan fingerprint density at radius 2 is 1.07 bits per heavy atom. The Bertz CT molecular complexity index is 420. The smallest absolute Gasteiger partial charge is 0.131 e. The lowest BCUT2D eigenvalue weighted by Crippen LogP contribution is -2.20. The van der Waals surface area contributed by atoms with Crippen LogP contribution < -0.4 is 0 Å². The second-order valence-electron chi connectivity index (χ2n) is 6.41. The minimum absolute atomic E-state index is 0.157. The van der Waals surface area contributed by atoms with E-state index in [1.54, 1.807) is 0 Å². The maximum atomic E-state index is 5.80. The van der Waals surface area contributed by atoms with Crippen LogP contribution >= 0.6 is 0 Å². The van der Waals surface area contributed by atoms with Gasteiger partial charge in [-0.05, 0) is 23.0 Å². The fraction of sp³-hybridized carbons (Fsp3) is 0.571. The Labute approximate surface area is 91.8 Å². The van der Waals surface area contributed by atoms with Gasteiger partial charge >= 0.3 is 0 Å². The lowest BCUT2D eigenvalue weighted by atomic mass is 9.75. The molecule has 15 heavy (non-hydrogen) atoms. The van der Waals surface area contributed by atoms with Gasteiger partial charge in [-0.2, -0.15) is 0 Å². The lowest BCUT2D eigenvalue weighted by Gasteiger charge is -2.26. The van der Waals surface area contributed by atoms with Crippen molar-refractivity contribution in [1.82, 2.24) is 0 Å². The lowest BCUT2D eigenvalue weighted by molar-refractivity contribution is 0.540. The van der Waals surface area contributed by atoms with Gasteiger partial charge in [0.15, 0.2) is 0 Å². The van der Waals surface area contributed by atoms with Crippen LogP contribution in [0.4, 0.5) is 0 Å². The molecule has 0 saturated heterocycles. The molecule has 0 N–H and O–H groups in total. The van der Waals surface area contributed by atoms with Crippen molar-refractivity contribution < 1.29 is 4.42 Å². The van der Waals surface area contributed by atoms with E-state index in [9.17, 15) is 0 Å². The normalized spacial score (nSPS) is 14.0. The SMILES string of the molecule is CC(C)(C)c1c(C(C)(C)C)c2ccc1o2. The van der Waals surface area contributed by atoms with E-state index in [-0.39, 0.29) is 10.8 Å². The molecule has 0 unspecified atom stereocenters. The van der Waals surface area contributed by atoms with Crippen LogP contribution in [0.15, 0.2) is 16.5 Å². The minimum atomic E-state index is 0.157. The summed E-state index contributed by atoms with van der Waals surface area (Å²) in [7, 11) is 0. The van der Waals surface area contributed by atoms with E-state index in [2.05, 4.69) is 53.7 Å². The molecular weight excluding hydrogens is 184 g/mol. The number of furan rings is 2. The van der Waals surface area contributed by atoms with Crippen molar-refractivity contribution in [2.75, 3.05) is 0 Å². The van der Waals surface area contributed by atoms with Crippen LogP contribution in [0, 0.1) is 0 Å². The van der Waals surface area contributed by atoms with Crippen molar-refractivity contribution in [3.63, 3.8) is 0 Å². The van der Waals surface area contributed by atoms with Crippen LogP contribution in [-0.2, 0) is 10.8 Å². The molecule has 0 aliphatic carbocycles. The maximum Gasteiger partial charge on any atom is 0.131 e. The Hall–Kier alpha value is -0.980. The highest BCUT2D eigenvalue weighted by Crippen LogP contribution is 2.43. The van der Waals surface area contributed by atoms with Gasteiger partial charge in [-0.1, -0.05) is 41.5 Å². The Morgan fingerprint density at radius 1 is 0.733 bits per heavy atom. The first-order valence-electron chi connectivity index (χ1n) is 5.57. The molecule has 82 valence electrons. The molecule has 2 bridgehead atoms. The van der Waals surface area contributed by atoms with Gasteiger partial charge in [0.2, 0.25) is 0 Å². The monoisotopic (exact) mass is 204 g/mol. The van der Waals surface area contributed by atoms with Gasteiger partial charge in [-0.15, -0.1) is 0 Å². The van der Waals surface area contributed by atoms with Gasteiger partial charge in [0.05, 0.1) is 0 Å². The summed E-state index contributed by atoms with van der Waals surface area (Å²) in [6.07, 6.45) is 0. The quantitative estimate of drug-likeness (QED) is 0.617. The van der Waals surface area contributed by atoms with E-state index in [0.717, 1.165) is 11.2 Å². The first-order valence-corrected chi connectivity index (χ1v) is 5.57. The van der Waals surface area contributed by atoms with E-state index < -0.39 is 0 Å². The van der Waals surface area contributed by atoms with Crippen molar-refractivity contribution in [3.05, 3.63) is 23.3 Å². The summed E-state index contributed by atoms with van der Waals surface area (Å²) < 4.78 is 5.80. The molecule has 0 aromatic carbocycles. The summed E-state index contributed by atoms with van der Waals surface area (Å²) in [5.74, 6) is 0. The second kappa shape index (κ2) is 2.78. The molecule has 2 heterocycles. The molecule has 0 radical (unpaired) electrons. The summed E-state index contributed by atoms with van der Waals surface area (Å²) in [6, 6.07) is 4.18. The molecule has 0 amide bonds. The largest absolute Gasteiger partial charge is 0.457 e. The van der Waals surface area contributed by atoms with Crippen molar-refractivity contribution >= 4 is 11.2 Å². The van der Waals surface area contributed by atoms with Gasteiger partial charge in [0.1, 0.15) is 11.2 Å². The fourth-order valence-corrected chi connectivity index (χ4v) is 2.34. The molecule has 0 atom stereocenters. The third-order valence-electron chi connectivity index (χ3n) is 2.85. The molecule has 0 spiro atoms. The number of benzene rings is 1. The second-order valence-corrected chi connectivity index (χ2v) is 6.41. The van der Waals surface area contributed by atoms with E-state index in [1.807, 2.05) is 0 Å². The summed E-state index contributed by atoms with van der Waals surface area (Å²) in [5.41, 5.74) is 5.19. The van der Waals surface area contributed by atoms with Crippen LogP contribution in [0.3, 0.4) is 0 Å². The zero-order valence-electron chi connectivity index (χ0n) is 10.6. The highest BCUT2D eigenvalue weighted by Gasteiger charge is 2.32. The number of rotatable bonds is 0.